The molecule has 0 saturated carbocycles. The molecule has 0 aliphatic carbocycles. The van der Waals surface area contributed by atoms with E-state index in [2.05, 4.69) is 6.07 Å². The summed E-state index contributed by atoms with van der Waals surface area (Å²) in [5.74, 6) is 0.0775. The predicted molar refractivity (Wildman–Crippen MR) is 40.8 cm³/mol. The van der Waals surface area contributed by atoms with Gasteiger partial charge in [0.2, 0.25) is 0 Å². The van der Waals surface area contributed by atoms with Crippen LogP contribution in [-0.2, 0) is 13.2 Å². The number of hydrogen-bond donors (Lipinski definition) is 3. The zero-order valence-corrected chi connectivity index (χ0v) is 6.04. The van der Waals surface area contributed by atoms with Gasteiger partial charge in [-0.05, 0) is 18.2 Å². The number of aliphatic hydroxyl groups is 1. The molecule has 3 nitrogen and oxygen atoms in total. The number of rotatable bonds is 2. The number of phenols is 1. The molecule has 0 aliphatic heterocycles. The summed E-state index contributed by atoms with van der Waals surface area (Å²) in [7, 11) is 0. The molecule has 0 bridgehead atoms. The Hall–Kier alpha value is -1.06. The Bertz CT molecular complexity index is 226. The van der Waals surface area contributed by atoms with Gasteiger partial charge in [0.1, 0.15) is 5.75 Å². The van der Waals surface area contributed by atoms with Crippen LogP contribution in [0.5, 0.6) is 5.75 Å². The van der Waals surface area contributed by atoms with Crippen LogP contribution in [0.25, 0.3) is 0 Å². The van der Waals surface area contributed by atoms with Crippen molar-refractivity contribution in [2.24, 2.45) is 5.73 Å². The van der Waals surface area contributed by atoms with Crippen LogP contribution in [0.1, 0.15) is 11.1 Å². The van der Waals surface area contributed by atoms with Crippen molar-refractivity contribution in [1.82, 2.24) is 0 Å². The van der Waals surface area contributed by atoms with Crippen LogP contribution >= 0.6 is 0 Å². The third-order valence-corrected chi connectivity index (χ3v) is 1.51. The van der Waals surface area contributed by atoms with Crippen molar-refractivity contribution in [2.75, 3.05) is 0 Å². The van der Waals surface area contributed by atoms with Crippen LogP contribution in [0, 0.1) is 6.07 Å². The van der Waals surface area contributed by atoms with Gasteiger partial charge in [-0.2, -0.15) is 0 Å². The second-order valence-corrected chi connectivity index (χ2v) is 2.22. The quantitative estimate of drug-likeness (QED) is 0.564. The Morgan fingerprint density at radius 2 is 2.00 bits per heavy atom. The lowest BCUT2D eigenvalue weighted by Crippen LogP contribution is -1.98. The molecule has 0 aliphatic rings. The molecule has 0 unspecified atom stereocenters. The van der Waals surface area contributed by atoms with E-state index in [0.29, 0.717) is 11.1 Å². The summed E-state index contributed by atoms with van der Waals surface area (Å²) in [6.45, 7) is 0.0757. The molecular formula is C8H10NO2. The maximum Gasteiger partial charge on any atom is 0.125 e. The fourth-order valence-corrected chi connectivity index (χ4v) is 0.862. The van der Waals surface area contributed by atoms with Crippen LogP contribution in [0.3, 0.4) is 0 Å². The van der Waals surface area contributed by atoms with E-state index in [1.807, 2.05) is 0 Å². The van der Waals surface area contributed by atoms with Crippen LogP contribution in [0.2, 0.25) is 0 Å². The van der Waals surface area contributed by atoms with Gasteiger partial charge in [-0.25, -0.2) is 0 Å². The molecule has 3 heteroatoms. The van der Waals surface area contributed by atoms with E-state index in [4.69, 9.17) is 10.8 Å². The van der Waals surface area contributed by atoms with Crippen molar-refractivity contribution in [3.05, 3.63) is 29.3 Å². The lowest BCUT2D eigenvalue weighted by molar-refractivity contribution is 0.275. The van der Waals surface area contributed by atoms with Crippen molar-refractivity contribution >= 4 is 0 Å². The molecule has 0 heterocycles. The molecule has 59 valence electrons. The number of benzene rings is 1. The fraction of sp³-hybridized carbons (Fsp3) is 0.250. The molecule has 0 aromatic heterocycles. The number of aromatic hydroxyl groups is 1. The smallest absolute Gasteiger partial charge is 0.125 e. The van der Waals surface area contributed by atoms with E-state index >= 15 is 0 Å². The summed E-state index contributed by atoms with van der Waals surface area (Å²) in [4.78, 5) is 0. The molecule has 1 aromatic carbocycles. The Morgan fingerprint density at radius 3 is 2.55 bits per heavy atom. The first-order valence-corrected chi connectivity index (χ1v) is 3.31. The SMILES string of the molecule is NCc1c[c]cc(CO)c1O. The average molecular weight is 152 g/mol. The van der Waals surface area contributed by atoms with Gasteiger partial charge in [0.25, 0.3) is 0 Å². The third-order valence-electron chi connectivity index (χ3n) is 1.51. The summed E-state index contributed by atoms with van der Waals surface area (Å²) in [6.07, 6.45) is 0. The summed E-state index contributed by atoms with van der Waals surface area (Å²) in [6, 6.07) is 5.91. The standard InChI is InChI=1S/C8H10NO2/c9-4-6-2-1-3-7(5-10)8(6)11/h2-3,10-11H,4-5,9H2. The van der Waals surface area contributed by atoms with Gasteiger partial charge in [-0.3, -0.25) is 0 Å². The lowest BCUT2D eigenvalue weighted by atomic mass is 10.1. The zero-order chi connectivity index (χ0) is 8.27. The van der Waals surface area contributed by atoms with E-state index in [0.717, 1.165) is 0 Å². The molecule has 4 N–H and O–H groups in total. The van der Waals surface area contributed by atoms with Crippen molar-refractivity contribution in [3.8, 4) is 5.75 Å². The largest absolute Gasteiger partial charge is 0.507 e. The Kier molecular flexibility index (Phi) is 2.46. The number of aliphatic hydroxyl groups excluding tert-OH is 1. The van der Waals surface area contributed by atoms with Crippen LogP contribution < -0.4 is 5.73 Å². The molecular weight excluding hydrogens is 142 g/mol. The minimum Gasteiger partial charge on any atom is -0.507 e. The maximum atomic E-state index is 9.33. The summed E-state index contributed by atoms with van der Waals surface area (Å²) in [5.41, 5.74) is 6.39. The molecule has 0 saturated heterocycles. The molecule has 11 heavy (non-hydrogen) atoms. The first kappa shape index (κ1) is 8.04. The van der Waals surface area contributed by atoms with E-state index in [-0.39, 0.29) is 18.9 Å². The molecule has 0 amide bonds. The van der Waals surface area contributed by atoms with Gasteiger partial charge in [-0.15, -0.1) is 0 Å². The summed E-state index contributed by atoms with van der Waals surface area (Å²) in [5, 5.41) is 18.0. The van der Waals surface area contributed by atoms with Gasteiger partial charge in [0.05, 0.1) is 6.61 Å². The Morgan fingerprint density at radius 1 is 1.36 bits per heavy atom. The van der Waals surface area contributed by atoms with Gasteiger partial charge in [-0.1, -0.05) is 0 Å². The van der Waals surface area contributed by atoms with Gasteiger partial charge >= 0.3 is 0 Å². The lowest BCUT2D eigenvalue weighted by Gasteiger charge is -2.04. The van der Waals surface area contributed by atoms with E-state index in [9.17, 15) is 5.11 Å². The van der Waals surface area contributed by atoms with E-state index in [1.165, 1.54) is 6.07 Å². The maximum absolute atomic E-state index is 9.33. The van der Waals surface area contributed by atoms with Crippen molar-refractivity contribution in [1.29, 1.82) is 0 Å². The molecule has 0 atom stereocenters. The average Bonchev–Trinajstić information content (AvgIpc) is 2.05. The second kappa shape index (κ2) is 3.37. The molecule has 0 spiro atoms. The highest BCUT2D eigenvalue weighted by atomic mass is 16.3. The van der Waals surface area contributed by atoms with Crippen LogP contribution in [0.4, 0.5) is 0 Å². The highest BCUT2D eigenvalue weighted by molar-refractivity contribution is 5.39. The van der Waals surface area contributed by atoms with E-state index in [1.54, 1.807) is 6.07 Å². The minimum absolute atomic E-state index is 0.0775. The Balaban J connectivity index is 3.10. The molecule has 1 rings (SSSR count). The van der Waals surface area contributed by atoms with Crippen molar-refractivity contribution < 1.29 is 10.2 Å². The van der Waals surface area contributed by atoms with Gasteiger partial charge in [0, 0.05) is 17.7 Å². The third kappa shape index (κ3) is 1.50. The minimum atomic E-state index is -0.184. The molecule has 1 radical (unpaired) electrons. The second-order valence-electron chi connectivity index (χ2n) is 2.22. The number of nitrogens with two attached hydrogens (primary N) is 1. The Labute approximate surface area is 65.1 Å². The van der Waals surface area contributed by atoms with E-state index < -0.39 is 0 Å². The highest BCUT2D eigenvalue weighted by Gasteiger charge is 2.03. The monoisotopic (exact) mass is 152 g/mol. The topological polar surface area (TPSA) is 66.5 Å². The van der Waals surface area contributed by atoms with Crippen molar-refractivity contribution in [3.63, 3.8) is 0 Å². The zero-order valence-electron chi connectivity index (χ0n) is 6.04. The highest BCUT2D eigenvalue weighted by Crippen LogP contribution is 2.20. The van der Waals surface area contributed by atoms with Gasteiger partial charge in [0.15, 0.2) is 0 Å². The fourth-order valence-electron chi connectivity index (χ4n) is 0.862. The molecule has 0 fully saturated rings. The van der Waals surface area contributed by atoms with Crippen LogP contribution in [-0.4, -0.2) is 10.2 Å². The number of hydrogen-bond acceptors (Lipinski definition) is 3. The molecule has 1 aromatic rings. The first-order chi connectivity index (χ1) is 5.29. The van der Waals surface area contributed by atoms with Crippen LogP contribution in [0.15, 0.2) is 12.1 Å². The normalized spacial score (nSPS) is 10.0. The summed E-state index contributed by atoms with van der Waals surface area (Å²) < 4.78 is 0. The first-order valence-electron chi connectivity index (χ1n) is 3.31. The van der Waals surface area contributed by atoms with Gasteiger partial charge < -0.3 is 15.9 Å². The predicted octanol–water partition coefficient (Wildman–Crippen LogP) is 0.143. The summed E-state index contributed by atoms with van der Waals surface area (Å²) >= 11 is 0. The van der Waals surface area contributed by atoms with Crippen molar-refractivity contribution in [2.45, 2.75) is 13.2 Å².